The number of aliphatic hydroxyl groups is 1. The van der Waals surface area contributed by atoms with Crippen LogP contribution in [0.15, 0.2) is 0 Å². The third-order valence-electron chi connectivity index (χ3n) is 3.54. The Morgan fingerprint density at radius 1 is 1.44 bits per heavy atom. The largest absolute Gasteiger partial charge is 0.396 e. The number of rotatable bonds is 7. The van der Waals surface area contributed by atoms with Gasteiger partial charge in [0, 0.05) is 18.5 Å². The van der Waals surface area contributed by atoms with Crippen LogP contribution in [-0.4, -0.2) is 28.0 Å². The first-order valence-electron chi connectivity index (χ1n) is 6.56. The Kier molecular flexibility index (Phi) is 5.63. The maximum absolute atomic E-state index is 9.68. The molecule has 0 saturated heterocycles. The van der Waals surface area contributed by atoms with Crippen molar-refractivity contribution in [3.8, 4) is 0 Å². The molecule has 0 fully saturated rings. The Balaban J connectivity index is 3.07. The van der Waals surface area contributed by atoms with E-state index in [0.717, 1.165) is 30.8 Å². The van der Waals surface area contributed by atoms with Crippen molar-refractivity contribution in [2.45, 2.75) is 46.6 Å². The minimum absolute atomic E-state index is 0.0849. The van der Waals surface area contributed by atoms with Crippen LogP contribution in [0, 0.1) is 12.3 Å². The number of nitrogens with two attached hydrogens (primary N) is 1. The van der Waals surface area contributed by atoms with Gasteiger partial charge in [-0.15, -0.1) is 0 Å². The Bertz CT molecular complexity index is 386. The number of aryl methyl sites for hydroxylation is 2. The van der Waals surface area contributed by atoms with E-state index in [9.17, 15) is 5.11 Å². The van der Waals surface area contributed by atoms with Crippen LogP contribution in [0.2, 0.25) is 5.02 Å². The van der Waals surface area contributed by atoms with E-state index >= 15 is 0 Å². The second-order valence-corrected chi connectivity index (χ2v) is 5.33. The lowest BCUT2D eigenvalue weighted by Gasteiger charge is -2.30. The second-order valence-electron chi connectivity index (χ2n) is 4.95. The van der Waals surface area contributed by atoms with Crippen LogP contribution in [0.4, 0.5) is 0 Å². The third kappa shape index (κ3) is 3.05. The van der Waals surface area contributed by atoms with Gasteiger partial charge in [0.2, 0.25) is 0 Å². The van der Waals surface area contributed by atoms with Crippen LogP contribution in [0.3, 0.4) is 0 Å². The predicted octanol–water partition coefficient (Wildman–Crippen LogP) is 2.14. The summed E-state index contributed by atoms with van der Waals surface area (Å²) in [5.74, 6) is 0. The van der Waals surface area contributed by atoms with Gasteiger partial charge in [-0.1, -0.05) is 24.9 Å². The first-order valence-corrected chi connectivity index (χ1v) is 6.94. The zero-order valence-electron chi connectivity index (χ0n) is 11.5. The van der Waals surface area contributed by atoms with Gasteiger partial charge in [0.1, 0.15) is 0 Å². The van der Waals surface area contributed by atoms with Gasteiger partial charge in [0.05, 0.1) is 23.0 Å². The number of hydrogen-bond acceptors (Lipinski definition) is 3. The molecule has 0 spiro atoms. The monoisotopic (exact) mass is 273 g/mol. The molecule has 4 nitrogen and oxygen atoms in total. The zero-order valence-corrected chi connectivity index (χ0v) is 12.3. The maximum atomic E-state index is 9.68. The summed E-state index contributed by atoms with van der Waals surface area (Å²) in [4.78, 5) is 0. The van der Waals surface area contributed by atoms with Crippen molar-refractivity contribution in [1.29, 1.82) is 0 Å². The summed E-state index contributed by atoms with van der Waals surface area (Å²) >= 11 is 6.31. The van der Waals surface area contributed by atoms with E-state index < -0.39 is 0 Å². The first kappa shape index (κ1) is 15.5. The molecule has 18 heavy (non-hydrogen) atoms. The number of hydrogen-bond donors (Lipinski definition) is 2. The van der Waals surface area contributed by atoms with Gasteiger partial charge in [0.25, 0.3) is 0 Å². The molecule has 1 aromatic heterocycles. The first-order chi connectivity index (χ1) is 8.53. The van der Waals surface area contributed by atoms with Crippen LogP contribution < -0.4 is 5.73 Å². The molecule has 0 aromatic carbocycles. The molecule has 0 radical (unpaired) electrons. The molecule has 1 rings (SSSR count). The van der Waals surface area contributed by atoms with Gasteiger partial charge < -0.3 is 10.8 Å². The Morgan fingerprint density at radius 3 is 2.56 bits per heavy atom. The highest BCUT2D eigenvalue weighted by atomic mass is 35.5. The average Bonchev–Trinajstić information content (AvgIpc) is 2.65. The van der Waals surface area contributed by atoms with Gasteiger partial charge in [-0.05, 0) is 26.7 Å². The van der Waals surface area contributed by atoms with Gasteiger partial charge in [-0.3, -0.25) is 4.68 Å². The highest BCUT2D eigenvalue weighted by Gasteiger charge is 2.30. The number of halogens is 1. The molecule has 0 saturated carbocycles. The van der Waals surface area contributed by atoms with Gasteiger partial charge in [-0.25, -0.2) is 0 Å². The van der Waals surface area contributed by atoms with Crippen molar-refractivity contribution in [3.05, 3.63) is 16.4 Å². The number of aliphatic hydroxyl groups excluding tert-OH is 1. The fraction of sp³-hybridized carbons (Fsp3) is 0.769. The van der Waals surface area contributed by atoms with Crippen LogP contribution in [0.5, 0.6) is 0 Å². The number of aromatic nitrogens is 2. The van der Waals surface area contributed by atoms with E-state index in [-0.39, 0.29) is 12.0 Å². The van der Waals surface area contributed by atoms with E-state index in [1.165, 1.54) is 0 Å². The summed E-state index contributed by atoms with van der Waals surface area (Å²) < 4.78 is 1.91. The molecule has 5 heteroatoms. The minimum atomic E-state index is -0.280. The second kappa shape index (κ2) is 6.55. The summed E-state index contributed by atoms with van der Waals surface area (Å²) in [6, 6.07) is 0. The lowest BCUT2D eigenvalue weighted by atomic mass is 9.80. The number of nitrogens with zero attached hydrogens (tertiary/aromatic N) is 2. The molecule has 0 aliphatic heterocycles. The molecule has 1 aromatic rings. The van der Waals surface area contributed by atoms with Crippen LogP contribution in [0.1, 0.15) is 38.1 Å². The van der Waals surface area contributed by atoms with Gasteiger partial charge in [0.15, 0.2) is 0 Å². The molecular weight excluding hydrogens is 250 g/mol. The van der Waals surface area contributed by atoms with Crippen LogP contribution >= 0.6 is 11.6 Å². The predicted molar refractivity (Wildman–Crippen MR) is 74.8 cm³/mol. The van der Waals surface area contributed by atoms with Crippen molar-refractivity contribution >= 4 is 11.6 Å². The minimum Gasteiger partial charge on any atom is -0.396 e. The molecule has 1 heterocycles. The Morgan fingerprint density at radius 2 is 2.11 bits per heavy atom. The molecule has 1 unspecified atom stereocenters. The Labute approximate surface area is 114 Å². The standard InChI is InChI=1S/C13H24ClN3O/c1-4-6-13(8-15,9-18)7-11-12(14)10(3)16-17(11)5-2/h18H,4-9,15H2,1-3H3. The summed E-state index contributed by atoms with van der Waals surface area (Å²) in [7, 11) is 0. The lowest BCUT2D eigenvalue weighted by Crippen LogP contribution is -2.37. The van der Waals surface area contributed by atoms with E-state index in [4.69, 9.17) is 17.3 Å². The van der Waals surface area contributed by atoms with Crippen molar-refractivity contribution in [3.63, 3.8) is 0 Å². The maximum Gasteiger partial charge on any atom is 0.0847 e. The molecule has 0 amide bonds. The van der Waals surface area contributed by atoms with E-state index in [1.54, 1.807) is 0 Å². The van der Waals surface area contributed by atoms with Crippen LogP contribution in [0.25, 0.3) is 0 Å². The zero-order chi connectivity index (χ0) is 13.8. The molecule has 3 N–H and O–H groups in total. The molecule has 0 aliphatic carbocycles. The van der Waals surface area contributed by atoms with Crippen LogP contribution in [-0.2, 0) is 13.0 Å². The summed E-state index contributed by atoms with van der Waals surface area (Å²) in [6.07, 6.45) is 2.57. The topological polar surface area (TPSA) is 64.1 Å². The Hall–Kier alpha value is -0.580. The average molecular weight is 274 g/mol. The summed E-state index contributed by atoms with van der Waals surface area (Å²) in [6.45, 7) is 7.37. The highest BCUT2D eigenvalue weighted by molar-refractivity contribution is 6.31. The van der Waals surface area contributed by atoms with E-state index in [0.29, 0.717) is 18.0 Å². The smallest absolute Gasteiger partial charge is 0.0847 e. The quantitative estimate of drug-likeness (QED) is 0.800. The molecular formula is C13H24ClN3O. The van der Waals surface area contributed by atoms with E-state index in [1.807, 2.05) is 18.5 Å². The molecule has 1 atom stereocenters. The van der Waals surface area contributed by atoms with Crippen molar-refractivity contribution in [1.82, 2.24) is 9.78 Å². The fourth-order valence-corrected chi connectivity index (χ4v) is 2.59. The van der Waals surface area contributed by atoms with E-state index in [2.05, 4.69) is 12.0 Å². The van der Waals surface area contributed by atoms with Gasteiger partial charge in [-0.2, -0.15) is 5.10 Å². The lowest BCUT2D eigenvalue weighted by molar-refractivity contribution is 0.118. The van der Waals surface area contributed by atoms with Crippen molar-refractivity contribution < 1.29 is 5.11 Å². The molecule has 104 valence electrons. The highest BCUT2D eigenvalue weighted by Crippen LogP contribution is 2.31. The van der Waals surface area contributed by atoms with Crippen molar-refractivity contribution in [2.24, 2.45) is 11.1 Å². The normalized spacial score (nSPS) is 14.8. The molecule has 0 aliphatic rings. The summed E-state index contributed by atoms with van der Waals surface area (Å²) in [5.41, 5.74) is 7.42. The fourth-order valence-electron chi connectivity index (χ4n) is 2.39. The van der Waals surface area contributed by atoms with Crippen molar-refractivity contribution in [2.75, 3.05) is 13.2 Å². The third-order valence-corrected chi connectivity index (χ3v) is 4.04. The van der Waals surface area contributed by atoms with Gasteiger partial charge >= 0.3 is 0 Å². The SMILES string of the molecule is CCCC(CN)(CO)Cc1c(Cl)c(C)nn1CC. The summed E-state index contributed by atoms with van der Waals surface area (Å²) in [5, 5.41) is 14.8. The molecule has 0 bridgehead atoms.